The average Bonchev–Trinajstić information content (AvgIpc) is 2.95. The Morgan fingerprint density at radius 2 is 2.25 bits per heavy atom. The van der Waals surface area contributed by atoms with Crippen molar-refractivity contribution in [3.63, 3.8) is 0 Å². The van der Waals surface area contributed by atoms with Gasteiger partial charge in [-0.2, -0.15) is 4.98 Å². The van der Waals surface area contributed by atoms with Gasteiger partial charge in [-0.25, -0.2) is 0 Å². The summed E-state index contributed by atoms with van der Waals surface area (Å²) in [5.74, 6) is 1.41. The van der Waals surface area contributed by atoms with Gasteiger partial charge in [0.05, 0.1) is 13.2 Å². The van der Waals surface area contributed by atoms with Crippen LogP contribution >= 0.6 is 0 Å². The number of hydrogen-bond acceptors (Lipinski definition) is 5. The van der Waals surface area contributed by atoms with Crippen LogP contribution in [0.3, 0.4) is 0 Å². The molecule has 1 saturated carbocycles. The van der Waals surface area contributed by atoms with Crippen molar-refractivity contribution in [1.82, 2.24) is 15.5 Å². The summed E-state index contributed by atoms with van der Waals surface area (Å²) < 4.78 is 10.1. The van der Waals surface area contributed by atoms with Crippen LogP contribution in [0.1, 0.15) is 37.4 Å². The number of aromatic nitrogens is 2. The Kier molecular flexibility index (Phi) is 4.30. The van der Waals surface area contributed by atoms with Crippen molar-refractivity contribution in [3.8, 4) is 0 Å². The quantitative estimate of drug-likeness (QED) is 0.790. The summed E-state index contributed by atoms with van der Waals surface area (Å²) in [5, 5.41) is 7.33. The Labute approximate surface area is 95.6 Å². The highest BCUT2D eigenvalue weighted by Crippen LogP contribution is 2.17. The molecule has 1 aliphatic rings. The molecule has 0 saturated heterocycles. The summed E-state index contributed by atoms with van der Waals surface area (Å²) in [4.78, 5) is 4.29. The molecule has 1 aromatic heterocycles. The molecule has 1 heterocycles. The zero-order valence-electron chi connectivity index (χ0n) is 9.74. The monoisotopic (exact) mass is 225 g/mol. The summed E-state index contributed by atoms with van der Waals surface area (Å²) in [5.41, 5.74) is 0. The van der Waals surface area contributed by atoms with Gasteiger partial charge in [-0.15, -0.1) is 0 Å². The highest BCUT2D eigenvalue weighted by atomic mass is 16.5. The van der Waals surface area contributed by atoms with E-state index in [0.717, 1.165) is 5.82 Å². The molecule has 0 spiro atoms. The van der Waals surface area contributed by atoms with E-state index in [4.69, 9.17) is 9.26 Å². The average molecular weight is 225 g/mol. The van der Waals surface area contributed by atoms with E-state index in [1.165, 1.54) is 25.7 Å². The molecule has 1 fully saturated rings. The molecule has 0 aliphatic heterocycles. The van der Waals surface area contributed by atoms with Crippen molar-refractivity contribution in [1.29, 1.82) is 0 Å². The molecular weight excluding hydrogens is 206 g/mol. The molecule has 0 radical (unpaired) electrons. The predicted molar refractivity (Wildman–Crippen MR) is 59.0 cm³/mol. The summed E-state index contributed by atoms with van der Waals surface area (Å²) >= 11 is 0. The number of ether oxygens (including phenoxy) is 1. The minimum atomic E-state index is 0.634. The van der Waals surface area contributed by atoms with E-state index in [1.54, 1.807) is 7.11 Å². The molecule has 0 unspecified atom stereocenters. The van der Waals surface area contributed by atoms with Gasteiger partial charge >= 0.3 is 0 Å². The van der Waals surface area contributed by atoms with E-state index in [2.05, 4.69) is 15.5 Å². The normalized spacial score (nSPS) is 17.1. The Bertz CT molecular complexity index is 308. The first-order valence-corrected chi connectivity index (χ1v) is 5.92. The van der Waals surface area contributed by atoms with Crippen molar-refractivity contribution in [2.75, 3.05) is 13.7 Å². The fourth-order valence-corrected chi connectivity index (χ4v) is 2.02. The predicted octanol–water partition coefficient (Wildman–Crippen LogP) is 1.29. The molecule has 5 nitrogen and oxygen atoms in total. The first kappa shape index (κ1) is 11.5. The molecule has 0 aromatic carbocycles. The lowest BCUT2D eigenvalue weighted by atomic mass is 10.2. The van der Waals surface area contributed by atoms with E-state index in [9.17, 15) is 0 Å². The van der Waals surface area contributed by atoms with Gasteiger partial charge < -0.3 is 14.6 Å². The molecule has 1 aromatic rings. The Hall–Kier alpha value is -0.940. The van der Waals surface area contributed by atoms with E-state index in [0.29, 0.717) is 31.5 Å². The van der Waals surface area contributed by atoms with Crippen LogP contribution in [-0.4, -0.2) is 29.9 Å². The Morgan fingerprint density at radius 1 is 1.44 bits per heavy atom. The van der Waals surface area contributed by atoms with Crippen LogP contribution in [0.2, 0.25) is 0 Å². The zero-order chi connectivity index (χ0) is 11.2. The van der Waals surface area contributed by atoms with Crippen molar-refractivity contribution in [3.05, 3.63) is 11.7 Å². The van der Waals surface area contributed by atoms with Crippen molar-refractivity contribution >= 4 is 0 Å². The summed E-state index contributed by atoms with van der Waals surface area (Å²) in [6, 6.07) is 0.634. The van der Waals surface area contributed by atoms with Crippen LogP contribution in [0.15, 0.2) is 4.52 Å². The molecule has 2 rings (SSSR count). The smallest absolute Gasteiger partial charge is 0.240 e. The molecule has 5 heteroatoms. The van der Waals surface area contributed by atoms with Gasteiger partial charge in [-0.1, -0.05) is 18.0 Å². The van der Waals surface area contributed by atoms with Crippen molar-refractivity contribution < 1.29 is 9.26 Å². The number of rotatable bonds is 6. The lowest BCUT2D eigenvalue weighted by molar-refractivity contribution is 0.199. The third kappa shape index (κ3) is 3.28. The van der Waals surface area contributed by atoms with E-state index < -0.39 is 0 Å². The van der Waals surface area contributed by atoms with Gasteiger partial charge in [-0.3, -0.25) is 0 Å². The topological polar surface area (TPSA) is 60.2 Å². The van der Waals surface area contributed by atoms with Crippen LogP contribution in [0.25, 0.3) is 0 Å². The van der Waals surface area contributed by atoms with Crippen LogP contribution < -0.4 is 5.32 Å². The summed E-state index contributed by atoms with van der Waals surface area (Å²) in [7, 11) is 1.67. The third-order valence-corrected chi connectivity index (χ3v) is 2.94. The molecule has 1 N–H and O–H groups in total. The highest BCUT2D eigenvalue weighted by Gasteiger charge is 2.15. The van der Waals surface area contributed by atoms with Gasteiger partial charge in [0.15, 0.2) is 5.82 Å². The fraction of sp³-hybridized carbons (Fsp3) is 0.818. The molecule has 0 amide bonds. The molecule has 0 atom stereocenters. The minimum Gasteiger partial charge on any atom is -0.384 e. The lowest BCUT2D eigenvalue weighted by Gasteiger charge is -2.08. The second-order valence-electron chi connectivity index (χ2n) is 4.21. The minimum absolute atomic E-state index is 0.634. The van der Waals surface area contributed by atoms with Gasteiger partial charge in [0, 0.05) is 19.6 Å². The summed E-state index contributed by atoms with van der Waals surface area (Å²) in [6.45, 7) is 1.32. The van der Waals surface area contributed by atoms with Crippen LogP contribution in [-0.2, 0) is 17.7 Å². The third-order valence-electron chi connectivity index (χ3n) is 2.94. The maximum absolute atomic E-state index is 5.14. The Morgan fingerprint density at radius 3 is 3.00 bits per heavy atom. The molecule has 16 heavy (non-hydrogen) atoms. The second-order valence-corrected chi connectivity index (χ2v) is 4.21. The standard InChI is InChI=1S/C11H19N3O2/c1-15-7-6-10-13-11(16-14-10)8-12-9-4-2-3-5-9/h9,12H,2-8H2,1H3. The van der Waals surface area contributed by atoms with E-state index >= 15 is 0 Å². The van der Waals surface area contributed by atoms with Gasteiger partial charge in [0.25, 0.3) is 0 Å². The summed E-state index contributed by atoms with van der Waals surface area (Å²) in [6.07, 6.45) is 5.92. The SMILES string of the molecule is COCCc1noc(CNC2CCCC2)n1. The number of nitrogens with zero attached hydrogens (tertiary/aromatic N) is 2. The number of nitrogens with one attached hydrogen (secondary N) is 1. The maximum atomic E-state index is 5.14. The van der Waals surface area contributed by atoms with Gasteiger partial charge in [0.1, 0.15) is 0 Å². The highest BCUT2D eigenvalue weighted by molar-refractivity contribution is 4.87. The molecule has 1 aliphatic carbocycles. The molecule has 0 bridgehead atoms. The lowest BCUT2D eigenvalue weighted by Crippen LogP contribution is -2.25. The van der Waals surface area contributed by atoms with Crippen molar-refractivity contribution in [2.24, 2.45) is 0 Å². The molecular formula is C11H19N3O2. The fourth-order valence-electron chi connectivity index (χ4n) is 2.02. The zero-order valence-corrected chi connectivity index (χ0v) is 9.74. The second kappa shape index (κ2) is 5.96. The van der Waals surface area contributed by atoms with E-state index in [1.807, 2.05) is 0 Å². The van der Waals surface area contributed by atoms with Gasteiger partial charge in [0.2, 0.25) is 5.89 Å². The Balaban J connectivity index is 1.73. The maximum Gasteiger partial charge on any atom is 0.240 e. The van der Waals surface area contributed by atoms with Crippen LogP contribution in [0, 0.1) is 0 Å². The first-order valence-electron chi connectivity index (χ1n) is 5.92. The first-order chi connectivity index (χ1) is 7.88. The van der Waals surface area contributed by atoms with Crippen molar-refractivity contribution in [2.45, 2.75) is 44.7 Å². The van der Waals surface area contributed by atoms with Gasteiger partial charge in [-0.05, 0) is 12.8 Å². The van der Waals surface area contributed by atoms with Crippen LogP contribution in [0.4, 0.5) is 0 Å². The molecule has 90 valence electrons. The number of methoxy groups -OCH3 is 1. The number of hydrogen-bond donors (Lipinski definition) is 1. The van der Waals surface area contributed by atoms with E-state index in [-0.39, 0.29) is 0 Å². The largest absolute Gasteiger partial charge is 0.384 e. The van der Waals surface area contributed by atoms with Crippen LogP contribution in [0.5, 0.6) is 0 Å².